The van der Waals surface area contributed by atoms with Crippen molar-refractivity contribution in [2.24, 2.45) is 10.9 Å². The number of aryl methyl sites for hydroxylation is 1. The summed E-state index contributed by atoms with van der Waals surface area (Å²) in [7, 11) is 1.83. The van der Waals surface area contributed by atoms with Gasteiger partial charge in [0.25, 0.3) is 0 Å². The van der Waals surface area contributed by atoms with Crippen LogP contribution in [0.25, 0.3) is 0 Å². The van der Waals surface area contributed by atoms with Gasteiger partial charge in [-0.25, -0.2) is 0 Å². The van der Waals surface area contributed by atoms with Crippen LogP contribution in [-0.2, 0) is 14.2 Å². The van der Waals surface area contributed by atoms with Crippen LogP contribution in [0.5, 0.6) is 0 Å². The van der Waals surface area contributed by atoms with Crippen LogP contribution in [-0.4, -0.2) is 83.7 Å². The molecule has 1 aromatic rings. The third-order valence-electron chi connectivity index (χ3n) is 5.71. The molecule has 0 bridgehead atoms. The van der Waals surface area contributed by atoms with E-state index in [-0.39, 0.29) is 0 Å². The molecule has 1 unspecified atom stereocenters. The number of nitrogens with one attached hydrogen (secondary N) is 2. The van der Waals surface area contributed by atoms with Gasteiger partial charge in [-0.15, -0.1) is 11.3 Å². The molecule has 8 heteroatoms. The molecular weight excluding hydrogens is 400 g/mol. The largest absolute Gasteiger partial charge is 0.381 e. The van der Waals surface area contributed by atoms with Crippen LogP contribution in [0.1, 0.15) is 35.1 Å². The molecule has 2 aliphatic rings. The summed E-state index contributed by atoms with van der Waals surface area (Å²) in [6, 6.07) is 4.81. The summed E-state index contributed by atoms with van der Waals surface area (Å²) in [6.45, 7) is 10.8. The van der Waals surface area contributed by atoms with Crippen molar-refractivity contribution in [1.29, 1.82) is 0 Å². The van der Waals surface area contributed by atoms with E-state index in [9.17, 15) is 0 Å². The van der Waals surface area contributed by atoms with Crippen molar-refractivity contribution in [3.8, 4) is 0 Å². The zero-order valence-electron chi connectivity index (χ0n) is 18.5. The zero-order chi connectivity index (χ0) is 21.0. The molecule has 2 N–H and O–H groups in total. The predicted octanol–water partition coefficient (Wildman–Crippen LogP) is 2.43. The molecular formula is C22H38N4O3S. The second-order valence-corrected chi connectivity index (χ2v) is 9.30. The third-order valence-corrected chi connectivity index (χ3v) is 6.82. The first-order valence-electron chi connectivity index (χ1n) is 11.2. The first kappa shape index (κ1) is 23.5. The predicted molar refractivity (Wildman–Crippen MR) is 123 cm³/mol. The quantitative estimate of drug-likeness (QED) is 0.332. The van der Waals surface area contributed by atoms with Gasteiger partial charge in [0, 0.05) is 69.4 Å². The van der Waals surface area contributed by atoms with Gasteiger partial charge >= 0.3 is 0 Å². The number of morpholine rings is 1. The lowest BCUT2D eigenvalue weighted by molar-refractivity contribution is 0.0176. The average Bonchev–Trinajstić information content (AvgIpc) is 3.22. The van der Waals surface area contributed by atoms with Gasteiger partial charge in [-0.2, -0.15) is 0 Å². The smallest absolute Gasteiger partial charge is 0.191 e. The highest BCUT2D eigenvalue weighted by atomic mass is 32.1. The molecule has 30 heavy (non-hydrogen) atoms. The van der Waals surface area contributed by atoms with Crippen LogP contribution in [0.4, 0.5) is 0 Å². The molecule has 2 saturated heterocycles. The Balaban J connectivity index is 1.36. The van der Waals surface area contributed by atoms with Crippen molar-refractivity contribution in [2.45, 2.75) is 32.2 Å². The molecule has 0 radical (unpaired) electrons. The topological polar surface area (TPSA) is 67.4 Å². The van der Waals surface area contributed by atoms with Crippen molar-refractivity contribution < 1.29 is 14.2 Å². The second kappa shape index (κ2) is 13.3. The molecule has 2 aliphatic heterocycles. The van der Waals surface area contributed by atoms with Crippen molar-refractivity contribution in [1.82, 2.24) is 15.5 Å². The number of rotatable bonds is 10. The summed E-state index contributed by atoms with van der Waals surface area (Å²) in [4.78, 5) is 9.66. The number of guanidine groups is 1. The minimum atomic E-state index is 0.342. The molecule has 0 aromatic carbocycles. The lowest BCUT2D eigenvalue weighted by Crippen LogP contribution is -2.46. The highest BCUT2D eigenvalue weighted by molar-refractivity contribution is 7.12. The van der Waals surface area contributed by atoms with E-state index in [4.69, 9.17) is 14.2 Å². The van der Waals surface area contributed by atoms with Gasteiger partial charge in [0.1, 0.15) is 0 Å². The number of hydrogen-bond donors (Lipinski definition) is 2. The lowest BCUT2D eigenvalue weighted by atomic mass is 10.0. The van der Waals surface area contributed by atoms with E-state index in [0.717, 1.165) is 91.0 Å². The Morgan fingerprint density at radius 1 is 1.20 bits per heavy atom. The number of nitrogens with zero attached hydrogens (tertiary/aromatic N) is 2. The number of ether oxygens (including phenoxy) is 3. The Morgan fingerprint density at radius 2 is 1.97 bits per heavy atom. The molecule has 2 fully saturated rings. The third kappa shape index (κ3) is 7.81. The molecule has 1 aromatic heterocycles. The summed E-state index contributed by atoms with van der Waals surface area (Å²) in [5.74, 6) is 1.52. The van der Waals surface area contributed by atoms with E-state index in [2.05, 4.69) is 39.6 Å². The minimum Gasteiger partial charge on any atom is -0.381 e. The van der Waals surface area contributed by atoms with E-state index in [1.165, 1.54) is 9.75 Å². The van der Waals surface area contributed by atoms with Crippen molar-refractivity contribution in [3.63, 3.8) is 0 Å². The highest BCUT2D eigenvalue weighted by Gasteiger charge is 2.24. The van der Waals surface area contributed by atoms with Gasteiger partial charge in [-0.05, 0) is 44.2 Å². The van der Waals surface area contributed by atoms with Crippen LogP contribution >= 0.6 is 11.3 Å². The molecule has 7 nitrogen and oxygen atoms in total. The number of thiophene rings is 1. The maximum Gasteiger partial charge on any atom is 0.191 e. The molecule has 3 heterocycles. The Kier molecular flexibility index (Phi) is 10.4. The Morgan fingerprint density at radius 3 is 2.67 bits per heavy atom. The number of aliphatic imine (C=N–C) groups is 1. The number of hydrogen-bond acceptors (Lipinski definition) is 6. The summed E-state index contributed by atoms with van der Waals surface area (Å²) in [6.07, 6.45) is 3.23. The van der Waals surface area contributed by atoms with Crippen LogP contribution in [0.2, 0.25) is 0 Å². The van der Waals surface area contributed by atoms with Crippen LogP contribution in [0.15, 0.2) is 17.1 Å². The van der Waals surface area contributed by atoms with Crippen LogP contribution < -0.4 is 10.6 Å². The second-order valence-electron chi connectivity index (χ2n) is 7.98. The van der Waals surface area contributed by atoms with Gasteiger partial charge in [-0.3, -0.25) is 9.89 Å². The lowest BCUT2D eigenvalue weighted by Gasteiger charge is -2.34. The average molecular weight is 439 g/mol. The van der Waals surface area contributed by atoms with Crippen molar-refractivity contribution in [3.05, 3.63) is 21.9 Å². The molecule has 3 rings (SSSR count). The van der Waals surface area contributed by atoms with Crippen molar-refractivity contribution in [2.75, 3.05) is 72.9 Å². The van der Waals surface area contributed by atoms with Gasteiger partial charge in [0.15, 0.2) is 5.96 Å². The van der Waals surface area contributed by atoms with Gasteiger partial charge in [0.05, 0.1) is 19.3 Å². The first-order chi connectivity index (χ1) is 14.8. The highest BCUT2D eigenvalue weighted by Crippen LogP contribution is 2.27. The van der Waals surface area contributed by atoms with E-state index in [1.807, 2.05) is 18.4 Å². The van der Waals surface area contributed by atoms with Crippen molar-refractivity contribution >= 4 is 17.3 Å². The Labute approximate surface area is 185 Å². The van der Waals surface area contributed by atoms with Crippen LogP contribution in [0, 0.1) is 12.8 Å². The fraction of sp³-hybridized carbons (Fsp3) is 0.773. The standard InChI is InChI=1S/C22H38N4O3S/c1-18-4-5-21(30-18)20(26-9-14-28-15-10-26)16-25-22(23-2)24-8-3-11-29-17-19-6-12-27-13-7-19/h4-5,19-20H,3,6-17H2,1-2H3,(H2,23,24,25). The monoisotopic (exact) mass is 438 g/mol. The molecule has 0 amide bonds. The molecule has 1 atom stereocenters. The normalized spacial score (nSPS) is 20.3. The van der Waals surface area contributed by atoms with E-state index in [1.54, 1.807) is 0 Å². The Bertz CT molecular complexity index is 628. The molecule has 0 aliphatic carbocycles. The van der Waals surface area contributed by atoms with E-state index < -0.39 is 0 Å². The summed E-state index contributed by atoms with van der Waals surface area (Å²) >= 11 is 1.88. The minimum absolute atomic E-state index is 0.342. The maximum absolute atomic E-state index is 5.85. The van der Waals surface area contributed by atoms with Crippen LogP contribution in [0.3, 0.4) is 0 Å². The fourth-order valence-electron chi connectivity index (χ4n) is 3.89. The molecule has 0 saturated carbocycles. The molecule has 170 valence electrons. The van der Waals surface area contributed by atoms with Gasteiger partial charge in [-0.1, -0.05) is 0 Å². The Hall–Kier alpha value is -1.19. The molecule has 0 spiro atoms. The summed E-state index contributed by atoms with van der Waals surface area (Å²) in [5, 5.41) is 6.95. The van der Waals surface area contributed by atoms with E-state index in [0.29, 0.717) is 12.0 Å². The SMILES string of the molecule is CN=C(NCCCOCC1CCOCC1)NCC(c1ccc(C)s1)N1CCOCC1. The summed E-state index contributed by atoms with van der Waals surface area (Å²) in [5.41, 5.74) is 0. The van der Waals surface area contributed by atoms with E-state index >= 15 is 0 Å². The fourth-order valence-corrected chi connectivity index (χ4v) is 4.90. The first-order valence-corrected chi connectivity index (χ1v) is 12.1. The van der Waals surface area contributed by atoms with Gasteiger partial charge in [0.2, 0.25) is 0 Å². The zero-order valence-corrected chi connectivity index (χ0v) is 19.3. The maximum atomic E-state index is 5.85. The van der Waals surface area contributed by atoms with Gasteiger partial charge < -0.3 is 24.8 Å². The summed E-state index contributed by atoms with van der Waals surface area (Å²) < 4.78 is 16.8.